The van der Waals surface area contributed by atoms with Gasteiger partial charge in [0, 0.05) is 24.7 Å². The number of hydrogen-bond donors (Lipinski definition) is 2. The normalized spacial score (nSPS) is 19.9. The number of aliphatic hydroxyl groups excluding tert-OH is 1. The van der Waals surface area contributed by atoms with E-state index in [9.17, 15) is 13.5 Å². The van der Waals surface area contributed by atoms with E-state index in [0.717, 1.165) is 29.9 Å². The van der Waals surface area contributed by atoms with E-state index >= 15 is 0 Å². The fraction of sp³-hybridized carbons (Fsp3) is 0.391. The molecule has 0 saturated carbocycles. The number of hydrogen-bond acceptors (Lipinski definition) is 6. The molecule has 1 aromatic heterocycles. The highest BCUT2D eigenvalue weighted by Gasteiger charge is 2.29. The van der Waals surface area contributed by atoms with Crippen molar-refractivity contribution in [2.45, 2.75) is 44.1 Å². The molecule has 9 heteroatoms. The van der Waals surface area contributed by atoms with Gasteiger partial charge >= 0.3 is 0 Å². The molecule has 32 heavy (non-hydrogen) atoms. The minimum absolute atomic E-state index is 0.0465. The Hall–Kier alpha value is -2.75. The Balaban J connectivity index is 1.39. The first-order chi connectivity index (χ1) is 15.3. The quantitative estimate of drug-likeness (QED) is 0.568. The van der Waals surface area contributed by atoms with Crippen molar-refractivity contribution in [3.63, 3.8) is 0 Å². The van der Waals surface area contributed by atoms with Gasteiger partial charge in [-0.1, -0.05) is 35.5 Å². The minimum atomic E-state index is -3.41. The summed E-state index contributed by atoms with van der Waals surface area (Å²) >= 11 is 0. The maximum atomic E-state index is 12.2. The Morgan fingerprint density at radius 2 is 1.94 bits per heavy atom. The Kier molecular flexibility index (Phi) is 6.59. The predicted molar refractivity (Wildman–Crippen MR) is 124 cm³/mol. The second-order valence-corrected chi connectivity index (χ2v) is 10.7. The fourth-order valence-electron chi connectivity index (χ4n) is 3.95. The number of piperidine rings is 1. The maximum Gasteiger partial charge on any atom is 0.235 e. The van der Waals surface area contributed by atoms with Gasteiger partial charge in [0.2, 0.25) is 10.0 Å². The van der Waals surface area contributed by atoms with Crippen LogP contribution < -0.4 is 4.72 Å². The van der Waals surface area contributed by atoms with E-state index in [2.05, 4.69) is 19.9 Å². The van der Waals surface area contributed by atoms with Gasteiger partial charge in [0.15, 0.2) is 0 Å². The van der Waals surface area contributed by atoms with Crippen LogP contribution in [0.3, 0.4) is 0 Å². The molecule has 8 nitrogen and oxygen atoms in total. The fourth-order valence-corrected chi connectivity index (χ4v) is 4.64. The van der Waals surface area contributed by atoms with Gasteiger partial charge in [-0.2, -0.15) is 0 Å². The predicted octanol–water partition coefficient (Wildman–Crippen LogP) is 2.77. The molecule has 1 aliphatic rings. The Morgan fingerprint density at radius 1 is 1.16 bits per heavy atom. The second-order valence-electron chi connectivity index (χ2n) is 8.51. The molecular weight excluding hydrogens is 426 g/mol. The summed E-state index contributed by atoms with van der Waals surface area (Å²) < 4.78 is 28.7. The molecule has 0 radical (unpaired) electrons. The summed E-state index contributed by atoms with van der Waals surface area (Å²) in [5.74, 6) is -0.0465. The average molecular weight is 456 g/mol. The summed E-state index contributed by atoms with van der Waals surface area (Å²) in [6.45, 7) is 5.23. The molecule has 0 aliphatic carbocycles. The highest BCUT2D eigenvalue weighted by Crippen LogP contribution is 2.31. The van der Waals surface area contributed by atoms with E-state index in [-0.39, 0.29) is 5.92 Å². The highest BCUT2D eigenvalue weighted by molar-refractivity contribution is 7.93. The van der Waals surface area contributed by atoms with Crippen molar-refractivity contribution in [3.8, 4) is 5.69 Å². The number of aromatic nitrogens is 3. The third-order valence-electron chi connectivity index (χ3n) is 5.81. The highest BCUT2D eigenvalue weighted by atomic mass is 32.2. The number of para-hydroxylation sites is 1. The summed E-state index contributed by atoms with van der Waals surface area (Å²) in [4.78, 5) is 2.17. The van der Waals surface area contributed by atoms with Gasteiger partial charge in [0.05, 0.1) is 28.9 Å². The van der Waals surface area contributed by atoms with Gasteiger partial charge in [0.1, 0.15) is 0 Å². The van der Waals surface area contributed by atoms with Gasteiger partial charge in [-0.3, -0.25) is 9.62 Å². The molecule has 2 atom stereocenters. The molecule has 170 valence electrons. The van der Waals surface area contributed by atoms with Crippen molar-refractivity contribution in [1.82, 2.24) is 19.9 Å². The molecule has 0 unspecified atom stereocenters. The van der Waals surface area contributed by atoms with E-state index in [0.29, 0.717) is 18.8 Å². The maximum absolute atomic E-state index is 12.2. The van der Waals surface area contributed by atoms with E-state index in [1.54, 1.807) is 24.6 Å². The van der Waals surface area contributed by atoms with Crippen LogP contribution in [-0.4, -0.2) is 57.9 Å². The number of rotatable bonds is 7. The number of benzene rings is 2. The number of likely N-dealkylation sites (tertiary alicyclic amines) is 1. The monoisotopic (exact) mass is 455 g/mol. The standard InChI is InChI=1S/C23H29N5O3S/c1-17(2)32(30,31)25-19-8-6-7-18(13-19)22-11-12-27(16-23(22)29)14-20-15-28(26-24-20)21-9-4-3-5-10-21/h3-10,13,15,17,22-23,25,29H,11-12,14,16H2,1-2H3/t22-,23-/m1/s1. The SMILES string of the molecule is CC(C)S(=O)(=O)Nc1cccc([C@H]2CCN(Cc3cn(-c4ccccc4)nn3)C[C@H]2O)c1. The molecule has 1 aliphatic heterocycles. The van der Waals surface area contributed by atoms with Crippen LogP contribution in [0.2, 0.25) is 0 Å². The van der Waals surface area contributed by atoms with Crippen molar-refractivity contribution in [1.29, 1.82) is 0 Å². The van der Waals surface area contributed by atoms with Crippen LogP contribution in [0, 0.1) is 0 Å². The van der Waals surface area contributed by atoms with Gasteiger partial charge in [-0.05, 0) is 56.6 Å². The number of nitrogens with zero attached hydrogens (tertiary/aromatic N) is 4. The summed E-state index contributed by atoms with van der Waals surface area (Å²) in [6, 6.07) is 17.2. The van der Waals surface area contributed by atoms with Crippen LogP contribution in [-0.2, 0) is 16.6 Å². The Labute approximate surface area is 188 Å². The molecule has 4 rings (SSSR count). The molecular formula is C23H29N5O3S. The molecule has 1 fully saturated rings. The van der Waals surface area contributed by atoms with Gasteiger partial charge < -0.3 is 5.11 Å². The summed E-state index contributed by atoms with van der Waals surface area (Å²) in [7, 11) is -3.41. The smallest absolute Gasteiger partial charge is 0.235 e. The third-order valence-corrected chi connectivity index (χ3v) is 7.57. The zero-order valence-electron chi connectivity index (χ0n) is 18.3. The van der Waals surface area contributed by atoms with Gasteiger partial charge in [0.25, 0.3) is 0 Å². The first kappa shape index (κ1) is 22.4. The van der Waals surface area contributed by atoms with Crippen molar-refractivity contribution < 1.29 is 13.5 Å². The summed E-state index contributed by atoms with van der Waals surface area (Å²) in [5.41, 5.74) is 3.28. The Bertz CT molecular complexity index is 1150. The van der Waals surface area contributed by atoms with Crippen molar-refractivity contribution >= 4 is 15.7 Å². The van der Waals surface area contributed by atoms with Crippen LogP contribution in [0.5, 0.6) is 0 Å². The van der Waals surface area contributed by atoms with Crippen molar-refractivity contribution in [2.75, 3.05) is 17.8 Å². The largest absolute Gasteiger partial charge is 0.391 e. The van der Waals surface area contributed by atoms with Crippen LogP contribution in [0.1, 0.15) is 37.4 Å². The summed E-state index contributed by atoms with van der Waals surface area (Å²) in [5, 5.41) is 18.8. The number of aliphatic hydroxyl groups is 1. The first-order valence-electron chi connectivity index (χ1n) is 10.8. The minimum Gasteiger partial charge on any atom is -0.391 e. The molecule has 0 spiro atoms. The van der Waals surface area contributed by atoms with Crippen LogP contribution >= 0.6 is 0 Å². The van der Waals surface area contributed by atoms with Crippen molar-refractivity contribution in [2.24, 2.45) is 0 Å². The lowest BCUT2D eigenvalue weighted by Crippen LogP contribution is -2.42. The van der Waals surface area contributed by atoms with E-state index in [1.165, 1.54) is 0 Å². The van der Waals surface area contributed by atoms with E-state index in [1.807, 2.05) is 54.7 Å². The lowest BCUT2D eigenvalue weighted by atomic mass is 9.87. The number of sulfonamides is 1. The van der Waals surface area contributed by atoms with Crippen LogP contribution in [0.25, 0.3) is 5.69 Å². The molecule has 2 heterocycles. The lowest BCUT2D eigenvalue weighted by molar-refractivity contribution is 0.0471. The molecule has 2 aromatic carbocycles. The second kappa shape index (κ2) is 9.40. The summed E-state index contributed by atoms with van der Waals surface area (Å²) in [6.07, 6.45) is 2.14. The topological polar surface area (TPSA) is 100 Å². The van der Waals surface area contributed by atoms with E-state index in [4.69, 9.17) is 0 Å². The van der Waals surface area contributed by atoms with Gasteiger partial charge in [-0.15, -0.1) is 5.10 Å². The zero-order chi connectivity index (χ0) is 22.7. The molecule has 0 amide bonds. The first-order valence-corrected chi connectivity index (χ1v) is 12.3. The van der Waals surface area contributed by atoms with Gasteiger partial charge in [-0.25, -0.2) is 13.1 Å². The lowest BCUT2D eigenvalue weighted by Gasteiger charge is -2.35. The van der Waals surface area contributed by atoms with Crippen LogP contribution in [0.4, 0.5) is 5.69 Å². The zero-order valence-corrected chi connectivity index (χ0v) is 19.1. The molecule has 3 aromatic rings. The third kappa shape index (κ3) is 5.17. The number of β-amino-alcohol motifs (C(OH)–C–C–N with tert-alkyl or cyclic N) is 1. The van der Waals surface area contributed by atoms with Crippen molar-refractivity contribution in [3.05, 3.63) is 72.1 Å². The molecule has 0 bridgehead atoms. The number of anilines is 1. The van der Waals surface area contributed by atoms with Crippen LogP contribution in [0.15, 0.2) is 60.8 Å². The molecule has 2 N–H and O–H groups in total. The van der Waals surface area contributed by atoms with E-state index < -0.39 is 21.4 Å². The molecule has 1 saturated heterocycles. The number of nitrogens with one attached hydrogen (secondary N) is 1. The average Bonchev–Trinajstić information content (AvgIpc) is 3.23. The Morgan fingerprint density at radius 3 is 2.66 bits per heavy atom.